The van der Waals surface area contributed by atoms with Crippen molar-refractivity contribution in [3.8, 4) is 0 Å². The predicted molar refractivity (Wildman–Crippen MR) is 71.0 cm³/mol. The number of ketones is 1. The van der Waals surface area contributed by atoms with Gasteiger partial charge in [-0.25, -0.2) is 4.21 Å². The van der Waals surface area contributed by atoms with Crippen molar-refractivity contribution in [2.75, 3.05) is 0 Å². The molecular weight excluding hydrogens is 256 g/mol. The second-order valence-corrected chi connectivity index (χ2v) is 7.62. The molecule has 0 amide bonds. The van der Waals surface area contributed by atoms with E-state index in [9.17, 15) is 9.00 Å². The molecule has 4 nitrogen and oxygen atoms in total. The third-order valence-corrected chi connectivity index (χ3v) is 5.74. The molecule has 0 saturated carbocycles. The van der Waals surface area contributed by atoms with Crippen LogP contribution in [0.2, 0.25) is 0 Å². The quantitative estimate of drug-likeness (QED) is 0.702. The molecule has 0 spiro atoms. The molecule has 1 aromatic heterocycles. The lowest BCUT2D eigenvalue weighted by atomic mass is 9.94. The van der Waals surface area contributed by atoms with Crippen LogP contribution in [-0.4, -0.2) is 21.7 Å². The molecule has 2 heterocycles. The number of hydrogen-bond acceptors (Lipinski definition) is 4. The zero-order valence-electron chi connectivity index (χ0n) is 9.19. The molecule has 2 aliphatic rings. The van der Waals surface area contributed by atoms with E-state index in [-0.39, 0.29) is 5.78 Å². The molecular formula is C11H12N2O2S2. The van der Waals surface area contributed by atoms with Crippen LogP contribution in [0.25, 0.3) is 0 Å². The van der Waals surface area contributed by atoms with Gasteiger partial charge in [-0.2, -0.15) is 4.40 Å². The summed E-state index contributed by atoms with van der Waals surface area (Å²) in [6.07, 6.45) is 1.79. The third kappa shape index (κ3) is 1.71. The number of nitrogens with two attached hydrogens (primary N) is 1. The highest BCUT2D eigenvalue weighted by molar-refractivity contribution is 7.98. The summed E-state index contributed by atoms with van der Waals surface area (Å²) in [5, 5.41) is 0. The van der Waals surface area contributed by atoms with Gasteiger partial charge in [-0.1, -0.05) is 0 Å². The number of nitrogens with zero attached hydrogens (tertiary/aromatic N) is 1. The van der Waals surface area contributed by atoms with Gasteiger partial charge in [0, 0.05) is 28.2 Å². The molecule has 0 bridgehead atoms. The molecule has 17 heavy (non-hydrogen) atoms. The van der Waals surface area contributed by atoms with Crippen LogP contribution in [0.4, 0.5) is 0 Å². The van der Waals surface area contributed by atoms with Gasteiger partial charge >= 0.3 is 0 Å². The summed E-state index contributed by atoms with van der Waals surface area (Å²) in [7, 11) is -2.47. The van der Waals surface area contributed by atoms with Crippen LogP contribution in [0.15, 0.2) is 4.40 Å². The molecule has 1 aliphatic heterocycles. The number of Topliss-reactive ketones (excluding diaryl/α,β-unsaturated/α-hetero) is 1. The Morgan fingerprint density at radius 2 is 2.12 bits per heavy atom. The Hall–Kier alpha value is -1.14. The molecule has 3 rings (SSSR count). The molecule has 1 atom stereocenters. The number of fused-ring (bicyclic) bond motifs is 3. The maximum Gasteiger partial charge on any atom is 0.142 e. The summed E-state index contributed by atoms with van der Waals surface area (Å²) in [4.78, 5) is 13.5. The summed E-state index contributed by atoms with van der Waals surface area (Å²) >= 11 is 1.55. The highest BCUT2D eigenvalue weighted by Gasteiger charge is 2.29. The average Bonchev–Trinajstić information content (AvgIpc) is 2.52. The van der Waals surface area contributed by atoms with E-state index in [1.54, 1.807) is 11.3 Å². The van der Waals surface area contributed by atoms with Crippen molar-refractivity contribution >= 4 is 38.5 Å². The van der Waals surface area contributed by atoms with Gasteiger partial charge < -0.3 is 5.73 Å². The van der Waals surface area contributed by atoms with Crippen molar-refractivity contribution in [3.05, 3.63) is 20.9 Å². The Balaban J connectivity index is 2.21. The highest BCUT2D eigenvalue weighted by Crippen LogP contribution is 2.36. The van der Waals surface area contributed by atoms with Crippen molar-refractivity contribution in [1.82, 2.24) is 0 Å². The molecule has 2 N–H and O–H groups in total. The van der Waals surface area contributed by atoms with Crippen LogP contribution in [0.3, 0.4) is 0 Å². The SMILES string of the molecule is C=S1(=O)Cc2sc3c(c2C(N)=N1)CCC(=O)C3. The van der Waals surface area contributed by atoms with Gasteiger partial charge in [0.15, 0.2) is 0 Å². The summed E-state index contributed by atoms with van der Waals surface area (Å²) in [6.45, 7) is 0. The lowest BCUT2D eigenvalue weighted by molar-refractivity contribution is -0.118. The van der Waals surface area contributed by atoms with Crippen molar-refractivity contribution in [2.45, 2.75) is 25.0 Å². The fraction of sp³-hybridized carbons (Fsp3) is 0.364. The summed E-state index contributed by atoms with van der Waals surface area (Å²) in [6, 6.07) is 0. The second-order valence-electron chi connectivity index (χ2n) is 4.41. The fourth-order valence-electron chi connectivity index (χ4n) is 2.37. The topological polar surface area (TPSA) is 72.5 Å². The molecule has 90 valence electrons. The van der Waals surface area contributed by atoms with Crippen LogP contribution >= 0.6 is 11.3 Å². The van der Waals surface area contributed by atoms with E-state index in [1.807, 2.05) is 0 Å². The van der Waals surface area contributed by atoms with Crippen LogP contribution in [0, 0.1) is 0 Å². The zero-order chi connectivity index (χ0) is 12.2. The molecule has 0 aromatic carbocycles. The minimum absolute atomic E-state index is 0.266. The first-order valence-electron chi connectivity index (χ1n) is 5.32. The van der Waals surface area contributed by atoms with Crippen LogP contribution in [-0.2, 0) is 33.1 Å². The van der Waals surface area contributed by atoms with Gasteiger partial charge in [0.25, 0.3) is 0 Å². The normalized spacial score (nSPS) is 27.3. The number of rotatable bonds is 0. The molecule has 1 aliphatic carbocycles. The van der Waals surface area contributed by atoms with E-state index < -0.39 is 9.71 Å². The Morgan fingerprint density at radius 3 is 2.88 bits per heavy atom. The number of carbonyl (C=O) groups excluding carboxylic acids is 1. The van der Waals surface area contributed by atoms with Crippen molar-refractivity contribution in [1.29, 1.82) is 0 Å². The molecule has 6 heteroatoms. The smallest absolute Gasteiger partial charge is 0.142 e. The lowest BCUT2D eigenvalue weighted by Gasteiger charge is -2.15. The monoisotopic (exact) mass is 268 g/mol. The third-order valence-electron chi connectivity index (χ3n) is 3.05. The average molecular weight is 268 g/mol. The molecule has 0 radical (unpaired) electrons. The van der Waals surface area contributed by atoms with Crippen molar-refractivity contribution in [3.63, 3.8) is 0 Å². The van der Waals surface area contributed by atoms with Crippen LogP contribution < -0.4 is 5.73 Å². The van der Waals surface area contributed by atoms with Crippen molar-refractivity contribution in [2.24, 2.45) is 10.1 Å². The largest absolute Gasteiger partial charge is 0.383 e. The van der Waals surface area contributed by atoms with Gasteiger partial charge in [0.1, 0.15) is 11.6 Å². The first-order chi connectivity index (χ1) is 7.96. The lowest BCUT2D eigenvalue weighted by Crippen LogP contribution is -2.24. The first kappa shape index (κ1) is 11.0. The van der Waals surface area contributed by atoms with E-state index in [1.165, 1.54) is 0 Å². The first-order valence-corrected chi connectivity index (χ1v) is 7.99. The maximum atomic E-state index is 11.9. The number of amidine groups is 1. The van der Waals surface area contributed by atoms with Crippen LogP contribution in [0.5, 0.6) is 0 Å². The van der Waals surface area contributed by atoms with Gasteiger partial charge in [-0.3, -0.25) is 4.79 Å². The van der Waals surface area contributed by atoms with E-state index in [0.717, 1.165) is 27.3 Å². The Labute approximate surface area is 104 Å². The Morgan fingerprint density at radius 1 is 1.35 bits per heavy atom. The minimum Gasteiger partial charge on any atom is -0.383 e. The van der Waals surface area contributed by atoms with E-state index in [0.29, 0.717) is 24.4 Å². The number of hydrogen-bond donors (Lipinski definition) is 1. The predicted octanol–water partition coefficient (Wildman–Crippen LogP) is 0.656. The zero-order valence-corrected chi connectivity index (χ0v) is 10.8. The minimum atomic E-state index is -2.47. The molecule has 0 saturated heterocycles. The van der Waals surface area contributed by atoms with Crippen LogP contribution in [0.1, 0.15) is 27.3 Å². The van der Waals surface area contributed by atoms with E-state index in [2.05, 4.69) is 10.3 Å². The molecule has 1 aromatic rings. The van der Waals surface area contributed by atoms with Gasteiger partial charge in [0.05, 0.1) is 15.5 Å². The van der Waals surface area contributed by atoms with E-state index >= 15 is 0 Å². The summed E-state index contributed by atoms with van der Waals surface area (Å²) < 4.78 is 15.9. The number of thiophene rings is 1. The number of carbonyl (C=O) groups is 1. The van der Waals surface area contributed by atoms with Gasteiger partial charge in [-0.05, 0) is 17.9 Å². The highest BCUT2D eigenvalue weighted by atomic mass is 32.2. The Bertz CT molecular complexity index is 653. The molecule has 0 fully saturated rings. The summed E-state index contributed by atoms with van der Waals surface area (Å²) in [5.41, 5.74) is 7.95. The fourth-order valence-corrected chi connectivity index (χ4v) is 5.41. The van der Waals surface area contributed by atoms with Gasteiger partial charge in [0.2, 0.25) is 0 Å². The second kappa shape index (κ2) is 3.43. The van der Waals surface area contributed by atoms with Crippen molar-refractivity contribution < 1.29 is 9.00 Å². The van der Waals surface area contributed by atoms with Gasteiger partial charge in [-0.15, -0.1) is 11.3 Å². The Kier molecular flexibility index (Phi) is 2.21. The molecule has 1 unspecified atom stereocenters. The van der Waals surface area contributed by atoms with E-state index in [4.69, 9.17) is 5.73 Å². The maximum absolute atomic E-state index is 11.9. The summed E-state index contributed by atoms with van der Waals surface area (Å²) in [5.74, 6) is 4.55. The standard InChI is InChI=1S/C11H12N2O2S2/c1-17(15)5-9-10(11(12)13-17)7-3-2-6(14)4-8(7)16-9/h1-5H2,(H2,12,13,15).